The van der Waals surface area contributed by atoms with E-state index in [4.69, 9.17) is 0 Å². The number of hydrogen-bond donors (Lipinski definition) is 0. The van der Waals surface area contributed by atoms with Crippen LogP contribution in [-0.2, 0) is 27.1 Å². The van der Waals surface area contributed by atoms with E-state index in [-0.39, 0.29) is 27.1 Å². The van der Waals surface area contributed by atoms with Crippen LogP contribution in [0.4, 0.5) is 17.1 Å². The van der Waals surface area contributed by atoms with Crippen LogP contribution >= 0.6 is 11.8 Å². The maximum atomic E-state index is 2.68. The van der Waals surface area contributed by atoms with Crippen LogP contribution in [0.1, 0.15) is 140 Å². The van der Waals surface area contributed by atoms with Crippen LogP contribution in [0, 0.1) is 29.1 Å². The summed E-state index contributed by atoms with van der Waals surface area (Å²) in [6.45, 7) is 19.6. The first-order chi connectivity index (χ1) is 27.6. The molecule has 5 aromatic carbocycles. The van der Waals surface area contributed by atoms with Crippen LogP contribution < -0.4 is 4.90 Å². The summed E-state index contributed by atoms with van der Waals surface area (Å²) in [6.07, 6.45) is 10.8. The number of fused-ring (bicyclic) bond motifs is 9. The van der Waals surface area contributed by atoms with E-state index in [0.29, 0.717) is 5.41 Å². The van der Waals surface area contributed by atoms with Crippen molar-refractivity contribution in [2.24, 2.45) is 29.1 Å². The van der Waals surface area contributed by atoms with Gasteiger partial charge in [0.25, 0.3) is 0 Å². The number of rotatable bonds is 4. The highest BCUT2D eigenvalue weighted by Crippen LogP contribution is 2.89. The number of hydrogen-bond acceptors (Lipinski definition) is 2. The molecule has 1 aliphatic heterocycles. The summed E-state index contributed by atoms with van der Waals surface area (Å²) in [5.41, 5.74) is 17.3. The lowest BCUT2D eigenvalue weighted by molar-refractivity contribution is -0.235. The Hall–Kier alpha value is -3.75. The zero-order valence-electron chi connectivity index (χ0n) is 36.1. The van der Waals surface area contributed by atoms with Crippen LogP contribution in [0.3, 0.4) is 0 Å². The van der Waals surface area contributed by atoms with E-state index in [0.717, 1.165) is 23.7 Å². The van der Waals surface area contributed by atoms with Gasteiger partial charge in [0.2, 0.25) is 0 Å². The van der Waals surface area contributed by atoms with Crippen LogP contribution in [0.15, 0.2) is 113 Å². The summed E-state index contributed by atoms with van der Waals surface area (Å²) in [5, 5.41) is 0. The molecule has 296 valence electrons. The average molecular weight is 780 g/mol. The molecule has 4 fully saturated rings. The summed E-state index contributed by atoms with van der Waals surface area (Å²) in [4.78, 5) is 5.61. The molecule has 58 heavy (non-hydrogen) atoms. The van der Waals surface area contributed by atoms with Crippen LogP contribution in [-0.4, -0.2) is 0 Å². The fourth-order valence-electron chi connectivity index (χ4n) is 14.9. The van der Waals surface area contributed by atoms with Gasteiger partial charge in [-0.3, -0.25) is 0 Å². The molecule has 2 bridgehead atoms. The number of nitrogens with zero attached hydrogens (tertiary/aromatic N) is 1. The second-order valence-corrected chi connectivity index (χ2v) is 23.8. The smallest absolute Gasteiger partial charge is 0.0465 e. The van der Waals surface area contributed by atoms with Crippen molar-refractivity contribution in [3.05, 3.63) is 137 Å². The molecule has 5 aromatic rings. The Morgan fingerprint density at radius 3 is 1.69 bits per heavy atom. The van der Waals surface area contributed by atoms with Crippen molar-refractivity contribution in [1.29, 1.82) is 0 Å². The minimum Gasteiger partial charge on any atom is -0.310 e. The number of benzene rings is 5. The van der Waals surface area contributed by atoms with Gasteiger partial charge in [-0.05, 0) is 195 Å². The maximum Gasteiger partial charge on any atom is 0.0465 e. The van der Waals surface area contributed by atoms with Crippen molar-refractivity contribution in [1.82, 2.24) is 0 Å². The van der Waals surface area contributed by atoms with Crippen molar-refractivity contribution >= 4 is 28.8 Å². The third-order valence-corrected chi connectivity index (χ3v) is 19.3. The highest BCUT2D eigenvalue weighted by Gasteiger charge is 2.84. The van der Waals surface area contributed by atoms with Crippen molar-refractivity contribution in [2.45, 2.75) is 144 Å². The Morgan fingerprint density at radius 2 is 1.00 bits per heavy atom. The molecule has 6 unspecified atom stereocenters. The monoisotopic (exact) mass is 779 g/mol. The van der Waals surface area contributed by atoms with Crippen molar-refractivity contribution in [2.75, 3.05) is 4.90 Å². The fraction of sp³-hybridized carbons (Fsp3) is 0.464. The Balaban J connectivity index is 1.01. The van der Waals surface area contributed by atoms with Gasteiger partial charge in [-0.1, -0.05) is 122 Å². The van der Waals surface area contributed by atoms with Crippen LogP contribution in [0.2, 0.25) is 0 Å². The molecule has 0 N–H and O–H groups in total. The predicted octanol–water partition coefficient (Wildman–Crippen LogP) is 15.3. The topological polar surface area (TPSA) is 3.24 Å². The minimum absolute atomic E-state index is 0.133. The summed E-state index contributed by atoms with van der Waals surface area (Å²) >= 11 is 2.03. The SMILES string of the molecule is CC1(C)CCC(C)(C)c2cc(-c3ccc(N(c4ccc5c(c4)C(C)(C)CCC5(C)C)c4ccc5c(c4)C4(c6ccccc6S5)C5CC6CC7CC4C75C6)cc3)ccc21. The lowest BCUT2D eigenvalue weighted by Crippen LogP contribution is -2.74. The van der Waals surface area contributed by atoms with Gasteiger partial charge in [-0.2, -0.15) is 0 Å². The standard InChI is InChI=1S/C56H61NS/c1-51(2)23-25-53(5,6)44-29-36(15-20-41(44)51)35-13-16-38(17-14-35)57(39-18-21-42-45(31-39)54(7,8)26-24-52(42,3)4)40-19-22-48-46(32-40)56(43-11-9-10-12-47(43)58-48)49-28-34-27-37-30-50(56)55(37,49)33-34/h9-22,29,31-32,34,37,49-50H,23-28,30,33H2,1-8H3. The Bertz CT molecular complexity index is 2550. The summed E-state index contributed by atoms with van der Waals surface area (Å²) in [6, 6.07) is 41.6. The Morgan fingerprint density at radius 1 is 0.466 bits per heavy atom. The zero-order valence-corrected chi connectivity index (χ0v) is 37.0. The van der Waals surface area contributed by atoms with Gasteiger partial charge in [0.1, 0.15) is 0 Å². The van der Waals surface area contributed by atoms with E-state index in [2.05, 4.69) is 163 Å². The largest absolute Gasteiger partial charge is 0.310 e. The molecule has 7 aliphatic rings. The molecule has 1 heterocycles. The lowest BCUT2D eigenvalue weighted by atomic mass is 9.26. The van der Waals surface area contributed by atoms with Gasteiger partial charge in [0, 0.05) is 32.3 Å². The van der Waals surface area contributed by atoms with Gasteiger partial charge >= 0.3 is 0 Å². The van der Waals surface area contributed by atoms with E-state index in [1.165, 1.54) is 112 Å². The van der Waals surface area contributed by atoms with E-state index >= 15 is 0 Å². The van der Waals surface area contributed by atoms with E-state index in [1.54, 1.807) is 11.1 Å². The average Bonchev–Trinajstić information content (AvgIpc) is 3.74. The van der Waals surface area contributed by atoms with Gasteiger partial charge < -0.3 is 4.90 Å². The Kier molecular flexibility index (Phi) is 7.19. The molecule has 4 saturated carbocycles. The van der Waals surface area contributed by atoms with Gasteiger partial charge in [-0.15, -0.1) is 0 Å². The molecule has 2 heteroatoms. The molecule has 1 nitrogen and oxygen atoms in total. The second-order valence-electron chi connectivity index (χ2n) is 22.7. The van der Waals surface area contributed by atoms with Crippen molar-refractivity contribution in [3.63, 3.8) is 0 Å². The summed E-state index contributed by atoms with van der Waals surface area (Å²) in [5.74, 6) is 3.49. The molecule has 12 rings (SSSR count). The minimum atomic E-state index is 0.133. The first-order valence-electron chi connectivity index (χ1n) is 22.8. The molecule has 0 amide bonds. The fourth-order valence-corrected chi connectivity index (χ4v) is 16.1. The van der Waals surface area contributed by atoms with E-state index in [9.17, 15) is 0 Å². The summed E-state index contributed by atoms with van der Waals surface area (Å²) < 4.78 is 0. The molecule has 0 radical (unpaired) electrons. The van der Waals surface area contributed by atoms with Crippen molar-refractivity contribution in [3.8, 4) is 11.1 Å². The third-order valence-electron chi connectivity index (χ3n) is 18.1. The van der Waals surface area contributed by atoms with E-state index < -0.39 is 0 Å². The first-order valence-corrected chi connectivity index (χ1v) is 23.6. The van der Waals surface area contributed by atoms with Gasteiger partial charge in [0.15, 0.2) is 0 Å². The first kappa shape index (κ1) is 36.1. The molecule has 2 spiro atoms. The molecule has 6 atom stereocenters. The molecule has 0 aromatic heterocycles. The lowest BCUT2D eigenvalue weighted by Gasteiger charge is -2.78. The van der Waals surface area contributed by atoms with Crippen LogP contribution in [0.5, 0.6) is 0 Å². The van der Waals surface area contributed by atoms with Gasteiger partial charge in [0.05, 0.1) is 0 Å². The normalized spacial score (nSPS) is 31.5. The maximum absolute atomic E-state index is 2.68. The highest BCUT2D eigenvalue weighted by molar-refractivity contribution is 7.99. The van der Waals surface area contributed by atoms with Crippen molar-refractivity contribution < 1.29 is 0 Å². The molecular formula is C56H61NS. The zero-order chi connectivity index (χ0) is 39.8. The summed E-state index contributed by atoms with van der Waals surface area (Å²) in [7, 11) is 0. The second kappa shape index (κ2) is 11.5. The predicted molar refractivity (Wildman–Crippen MR) is 243 cm³/mol. The molecule has 0 saturated heterocycles. The third kappa shape index (κ3) is 4.57. The quantitative estimate of drug-likeness (QED) is 0.179. The molecular weight excluding hydrogens is 719 g/mol. The van der Waals surface area contributed by atoms with Gasteiger partial charge in [-0.25, -0.2) is 0 Å². The highest BCUT2D eigenvalue weighted by atomic mass is 32.2. The Labute approximate surface area is 352 Å². The van der Waals surface area contributed by atoms with Crippen LogP contribution in [0.25, 0.3) is 11.1 Å². The van der Waals surface area contributed by atoms with E-state index in [1.807, 2.05) is 11.8 Å². The molecule has 6 aliphatic carbocycles. The number of anilines is 3.